The summed E-state index contributed by atoms with van der Waals surface area (Å²) in [6.07, 6.45) is 4.77. The molecule has 0 heterocycles. The second-order valence-electron chi connectivity index (χ2n) is 6.58. The Hall–Kier alpha value is -2.49. The van der Waals surface area contributed by atoms with Gasteiger partial charge in [0.15, 0.2) is 0 Å². The molecular formula is C22H30N2O2. The van der Waals surface area contributed by atoms with Gasteiger partial charge < -0.3 is 15.4 Å². The van der Waals surface area contributed by atoms with Crippen LogP contribution in [0, 0.1) is 13.8 Å². The molecule has 2 aromatic rings. The summed E-state index contributed by atoms with van der Waals surface area (Å²) in [7, 11) is 0. The van der Waals surface area contributed by atoms with Crippen LogP contribution in [0.15, 0.2) is 42.5 Å². The average Bonchev–Trinajstić information content (AvgIpc) is 2.64. The smallest absolute Gasteiger partial charge is 0.243 e. The first kappa shape index (κ1) is 19.8. The minimum Gasteiger partial charge on any atom is -0.494 e. The predicted molar refractivity (Wildman–Crippen MR) is 109 cm³/mol. The lowest BCUT2D eigenvalue weighted by Crippen LogP contribution is -2.22. The van der Waals surface area contributed by atoms with Gasteiger partial charge in [0.25, 0.3) is 0 Å². The zero-order valence-corrected chi connectivity index (χ0v) is 16.1. The van der Waals surface area contributed by atoms with Crippen LogP contribution in [0.1, 0.15) is 43.7 Å². The van der Waals surface area contributed by atoms with Crippen LogP contribution in [0.25, 0.3) is 0 Å². The van der Waals surface area contributed by atoms with E-state index in [0.717, 1.165) is 30.2 Å². The predicted octanol–water partition coefficient (Wildman–Crippen LogP) is 5.31. The lowest BCUT2D eigenvalue weighted by Gasteiger charge is -2.12. The Morgan fingerprint density at radius 2 is 1.77 bits per heavy atom. The molecule has 0 fully saturated rings. The molecule has 2 rings (SSSR count). The normalized spacial score (nSPS) is 10.4. The molecule has 0 saturated heterocycles. The number of anilines is 2. The van der Waals surface area contributed by atoms with Gasteiger partial charge in [-0.05, 0) is 61.7 Å². The van der Waals surface area contributed by atoms with Crippen LogP contribution in [-0.2, 0) is 4.79 Å². The quantitative estimate of drug-likeness (QED) is 0.568. The third-order valence-electron chi connectivity index (χ3n) is 4.45. The molecule has 0 aliphatic carbocycles. The highest BCUT2D eigenvalue weighted by Crippen LogP contribution is 2.18. The lowest BCUT2D eigenvalue weighted by atomic mass is 10.1. The van der Waals surface area contributed by atoms with Gasteiger partial charge >= 0.3 is 0 Å². The number of benzene rings is 2. The van der Waals surface area contributed by atoms with Crippen molar-refractivity contribution < 1.29 is 9.53 Å². The number of amides is 1. The number of unbranched alkanes of at least 4 members (excludes halogenated alkanes) is 3. The van der Waals surface area contributed by atoms with E-state index >= 15 is 0 Å². The molecule has 140 valence electrons. The molecule has 0 radical (unpaired) electrons. The van der Waals surface area contributed by atoms with Crippen LogP contribution in [0.2, 0.25) is 0 Å². The molecule has 0 unspecified atom stereocenters. The maximum Gasteiger partial charge on any atom is 0.243 e. The van der Waals surface area contributed by atoms with E-state index in [1.165, 1.54) is 30.4 Å². The van der Waals surface area contributed by atoms with Gasteiger partial charge in [-0.2, -0.15) is 0 Å². The second kappa shape index (κ2) is 10.5. The summed E-state index contributed by atoms with van der Waals surface area (Å²) in [4.78, 5) is 12.1. The van der Waals surface area contributed by atoms with Gasteiger partial charge in [-0.15, -0.1) is 0 Å². The fourth-order valence-electron chi connectivity index (χ4n) is 2.68. The summed E-state index contributed by atoms with van der Waals surface area (Å²) in [5, 5.41) is 6.09. The molecule has 4 nitrogen and oxygen atoms in total. The van der Waals surface area contributed by atoms with Crippen LogP contribution >= 0.6 is 0 Å². The fourth-order valence-corrected chi connectivity index (χ4v) is 2.68. The second-order valence-corrected chi connectivity index (χ2v) is 6.58. The number of hydrogen-bond donors (Lipinski definition) is 2. The Balaban J connectivity index is 1.75. The van der Waals surface area contributed by atoms with Crippen molar-refractivity contribution in [1.82, 2.24) is 0 Å². The van der Waals surface area contributed by atoms with Crippen molar-refractivity contribution in [2.24, 2.45) is 0 Å². The van der Waals surface area contributed by atoms with Gasteiger partial charge in [0.2, 0.25) is 5.91 Å². The van der Waals surface area contributed by atoms with Crippen molar-refractivity contribution in [1.29, 1.82) is 0 Å². The number of nitrogens with one attached hydrogen (secondary N) is 2. The Morgan fingerprint density at radius 3 is 2.50 bits per heavy atom. The third kappa shape index (κ3) is 6.43. The van der Waals surface area contributed by atoms with E-state index in [-0.39, 0.29) is 12.5 Å². The van der Waals surface area contributed by atoms with E-state index in [4.69, 9.17) is 4.74 Å². The molecule has 0 atom stereocenters. The van der Waals surface area contributed by atoms with Crippen molar-refractivity contribution in [2.45, 2.75) is 46.5 Å². The zero-order chi connectivity index (χ0) is 18.8. The molecule has 0 spiro atoms. The molecule has 0 aromatic heterocycles. The van der Waals surface area contributed by atoms with E-state index in [2.05, 4.69) is 37.5 Å². The average molecular weight is 354 g/mol. The summed E-state index contributed by atoms with van der Waals surface area (Å²) in [6, 6.07) is 13.6. The molecule has 0 aliphatic heterocycles. The van der Waals surface area contributed by atoms with Gasteiger partial charge in [-0.3, -0.25) is 4.79 Å². The van der Waals surface area contributed by atoms with Crippen LogP contribution < -0.4 is 15.4 Å². The van der Waals surface area contributed by atoms with Crippen LogP contribution in [-0.4, -0.2) is 19.1 Å². The van der Waals surface area contributed by atoms with Crippen molar-refractivity contribution in [2.75, 3.05) is 23.8 Å². The van der Waals surface area contributed by atoms with Crippen molar-refractivity contribution in [3.8, 4) is 5.75 Å². The highest BCUT2D eigenvalue weighted by Gasteiger charge is 2.05. The molecule has 0 saturated carbocycles. The van der Waals surface area contributed by atoms with Crippen LogP contribution in [0.4, 0.5) is 11.4 Å². The number of carbonyl (C=O) groups excluding carboxylic acids is 1. The number of ether oxygens (including phenoxy) is 1. The standard InChI is InChI=1S/C22H30N2O2/c1-4-5-6-7-15-26-20-13-11-19(12-14-20)24-22(25)16-23-21-10-8-9-17(2)18(21)3/h8-14,23H,4-7,15-16H2,1-3H3,(H,24,25). The molecule has 1 amide bonds. The van der Waals surface area contributed by atoms with Crippen LogP contribution in [0.5, 0.6) is 5.75 Å². The van der Waals surface area contributed by atoms with Crippen molar-refractivity contribution in [3.05, 3.63) is 53.6 Å². The maximum atomic E-state index is 12.1. The molecular weight excluding hydrogens is 324 g/mol. The highest BCUT2D eigenvalue weighted by atomic mass is 16.5. The number of rotatable bonds is 10. The Labute approximate surface area is 157 Å². The van der Waals surface area contributed by atoms with E-state index in [0.29, 0.717) is 0 Å². The molecule has 2 aromatic carbocycles. The Morgan fingerprint density at radius 1 is 1.00 bits per heavy atom. The van der Waals surface area contributed by atoms with Crippen LogP contribution in [0.3, 0.4) is 0 Å². The number of hydrogen-bond acceptors (Lipinski definition) is 3. The Kier molecular flexibility index (Phi) is 8.00. The lowest BCUT2D eigenvalue weighted by molar-refractivity contribution is -0.114. The van der Waals surface area contributed by atoms with Gasteiger partial charge in [0.1, 0.15) is 5.75 Å². The van der Waals surface area contributed by atoms with Gasteiger partial charge in [-0.1, -0.05) is 38.3 Å². The summed E-state index contributed by atoms with van der Waals surface area (Å²) < 4.78 is 5.72. The molecule has 2 N–H and O–H groups in total. The van der Waals surface area contributed by atoms with Gasteiger partial charge in [0, 0.05) is 11.4 Å². The van der Waals surface area contributed by atoms with Crippen molar-refractivity contribution in [3.63, 3.8) is 0 Å². The Bertz CT molecular complexity index is 696. The largest absolute Gasteiger partial charge is 0.494 e. The number of carbonyl (C=O) groups is 1. The molecule has 26 heavy (non-hydrogen) atoms. The first-order chi connectivity index (χ1) is 12.6. The monoisotopic (exact) mass is 354 g/mol. The topological polar surface area (TPSA) is 50.4 Å². The van der Waals surface area contributed by atoms with E-state index in [1.807, 2.05) is 36.4 Å². The first-order valence-corrected chi connectivity index (χ1v) is 9.43. The number of aryl methyl sites for hydroxylation is 1. The summed E-state index contributed by atoms with van der Waals surface area (Å²) in [5.74, 6) is 0.771. The molecule has 0 aliphatic rings. The van der Waals surface area contributed by atoms with E-state index in [1.54, 1.807) is 0 Å². The highest BCUT2D eigenvalue weighted by molar-refractivity contribution is 5.93. The van der Waals surface area contributed by atoms with E-state index in [9.17, 15) is 4.79 Å². The first-order valence-electron chi connectivity index (χ1n) is 9.43. The minimum atomic E-state index is -0.0702. The van der Waals surface area contributed by atoms with Crippen molar-refractivity contribution >= 4 is 17.3 Å². The summed E-state index contributed by atoms with van der Waals surface area (Å²) in [5.41, 5.74) is 4.14. The van der Waals surface area contributed by atoms with E-state index < -0.39 is 0 Å². The maximum absolute atomic E-state index is 12.1. The summed E-state index contributed by atoms with van der Waals surface area (Å²) >= 11 is 0. The SMILES string of the molecule is CCCCCCOc1ccc(NC(=O)CNc2cccc(C)c2C)cc1. The summed E-state index contributed by atoms with van der Waals surface area (Å²) in [6.45, 7) is 7.29. The molecule has 0 bridgehead atoms. The zero-order valence-electron chi connectivity index (χ0n) is 16.1. The fraction of sp³-hybridized carbons (Fsp3) is 0.409. The minimum absolute atomic E-state index is 0.0702. The van der Waals surface area contributed by atoms with Gasteiger partial charge in [-0.25, -0.2) is 0 Å². The molecule has 4 heteroatoms. The van der Waals surface area contributed by atoms with Gasteiger partial charge in [0.05, 0.1) is 13.2 Å². The third-order valence-corrected chi connectivity index (χ3v) is 4.45.